The molecule has 0 rings (SSSR count). The van der Waals surface area contributed by atoms with Gasteiger partial charge in [0.25, 0.3) is 0 Å². The van der Waals surface area contributed by atoms with Crippen molar-refractivity contribution in [3.05, 3.63) is 24.3 Å². The first-order chi connectivity index (χ1) is 10.7. The minimum Gasteiger partial charge on any atom is -0.466 e. The predicted octanol–water partition coefficient (Wildman–Crippen LogP) is 4.35. The fraction of sp³-hybridized carbons (Fsp3) is 0.667. The Morgan fingerprint density at radius 2 is 0.955 bits per heavy atom. The minimum atomic E-state index is -0.276. The van der Waals surface area contributed by atoms with Gasteiger partial charge in [-0.1, -0.05) is 50.7 Å². The molecule has 0 aromatic heterocycles. The monoisotopic (exact) mass is 310 g/mol. The lowest BCUT2D eigenvalue weighted by atomic mass is 10.1. The number of methoxy groups -OCH3 is 2. The molecule has 0 aromatic carbocycles. The molecule has 0 amide bonds. The molecular formula is C18H30O4. The van der Waals surface area contributed by atoms with E-state index in [1.807, 2.05) is 12.2 Å². The Morgan fingerprint density at radius 1 is 0.636 bits per heavy atom. The third-order valence-corrected chi connectivity index (χ3v) is 3.40. The second-order valence-corrected chi connectivity index (χ2v) is 5.26. The van der Waals surface area contributed by atoms with E-state index in [9.17, 15) is 9.59 Å². The zero-order chi connectivity index (χ0) is 16.5. The zero-order valence-electron chi connectivity index (χ0n) is 14.0. The van der Waals surface area contributed by atoms with E-state index in [4.69, 9.17) is 0 Å². The van der Waals surface area contributed by atoms with E-state index in [-0.39, 0.29) is 11.9 Å². The Labute approximate surface area is 134 Å². The number of allylic oxidation sites excluding steroid dienone is 2. The Morgan fingerprint density at radius 3 is 1.27 bits per heavy atom. The molecule has 0 unspecified atom stereocenters. The Balaban J connectivity index is 3.21. The van der Waals surface area contributed by atoms with Crippen LogP contribution in [-0.2, 0) is 19.1 Å². The molecule has 22 heavy (non-hydrogen) atoms. The van der Waals surface area contributed by atoms with Crippen LogP contribution in [0, 0.1) is 0 Å². The fourth-order valence-electron chi connectivity index (χ4n) is 2.08. The molecule has 0 aliphatic carbocycles. The van der Waals surface area contributed by atoms with Crippen molar-refractivity contribution in [1.82, 2.24) is 0 Å². The normalized spacial score (nSPS) is 11.2. The van der Waals surface area contributed by atoms with Gasteiger partial charge < -0.3 is 9.47 Å². The fourth-order valence-corrected chi connectivity index (χ4v) is 2.08. The molecule has 0 aliphatic rings. The lowest BCUT2D eigenvalue weighted by molar-refractivity contribution is -0.135. The summed E-state index contributed by atoms with van der Waals surface area (Å²) >= 11 is 0. The van der Waals surface area contributed by atoms with Crippen LogP contribution in [0.2, 0.25) is 0 Å². The molecule has 0 saturated heterocycles. The van der Waals surface area contributed by atoms with Crippen LogP contribution in [0.15, 0.2) is 24.3 Å². The van der Waals surface area contributed by atoms with Crippen LogP contribution >= 0.6 is 0 Å². The van der Waals surface area contributed by atoms with Gasteiger partial charge in [-0.2, -0.15) is 0 Å². The van der Waals surface area contributed by atoms with Gasteiger partial charge in [-0.05, 0) is 25.7 Å². The molecule has 0 aromatic rings. The summed E-state index contributed by atoms with van der Waals surface area (Å²) in [7, 11) is 2.78. The van der Waals surface area contributed by atoms with Crippen LogP contribution in [0.5, 0.6) is 0 Å². The second kappa shape index (κ2) is 15.8. The van der Waals surface area contributed by atoms with Gasteiger partial charge >= 0.3 is 11.9 Å². The summed E-state index contributed by atoms with van der Waals surface area (Å²) < 4.78 is 9.04. The SMILES string of the molecule is COC(=O)/C=C/CCCCCCCCCC/C=C/C(=O)OC. The van der Waals surface area contributed by atoms with Crippen molar-refractivity contribution < 1.29 is 19.1 Å². The quantitative estimate of drug-likeness (QED) is 0.288. The van der Waals surface area contributed by atoms with Gasteiger partial charge in [0.1, 0.15) is 0 Å². The molecular weight excluding hydrogens is 280 g/mol. The number of ether oxygens (including phenoxy) is 2. The van der Waals surface area contributed by atoms with Crippen LogP contribution < -0.4 is 0 Å². The lowest BCUT2D eigenvalue weighted by Gasteiger charge is -2.00. The van der Waals surface area contributed by atoms with Crippen molar-refractivity contribution in [3.8, 4) is 0 Å². The van der Waals surface area contributed by atoms with Crippen molar-refractivity contribution in [2.75, 3.05) is 14.2 Å². The van der Waals surface area contributed by atoms with Crippen LogP contribution in [0.3, 0.4) is 0 Å². The average Bonchev–Trinajstić information content (AvgIpc) is 2.54. The van der Waals surface area contributed by atoms with E-state index in [2.05, 4.69) is 9.47 Å². The van der Waals surface area contributed by atoms with Gasteiger partial charge in [0.05, 0.1) is 14.2 Å². The third kappa shape index (κ3) is 14.8. The molecule has 0 saturated carbocycles. The van der Waals surface area contributed by atoms with Crippen molar-refractivity contribution in [3.63, 3.8) is 0 Å². The summed E-state index contributed by atoms with van der Waals surface area (Å²) in [6.45, 7) is 0. The minimum absolute atomic E-state index is 0.276. The molecule has 0 fully saturated rings. The lowest BCUT2D eigenvalue weighted by Crippen LogP contribution is -1.93. The average molecular weight is 310 g/mol. The van der Waals surface area contributed by atoms with E-state index >= 15 is 0 Å². The van der Waals surface area contributed by atoms with E-state index in [0.717, 1.165) is 25.7 Å². The second-order valence-electron chi connectivity index (χ2n) is 5.26. The highest BCUT2D eigenvalue weighted by molar-refractivity contribution is 5.81. The summed E-state index contributed by atoms with van der Waals surface area (Å²) in [6, 6.07) is 0. The highest BCUT2D eigenvalue weighted by Crippen LogP contribution is 2.11. The van der Waals surface area contributed by atoms with Gasteiger partial charge in [-0.15, -0.1) is 0 Å². The van der Waals surface area contributed by atoms with Crippen LogP contribution in [0.4, 0.5) is 0 Å². The summed E-state index contributed by atoms with van der Waals surface area (Å²) in [5, 5.41) is 0. The highest BCUT2D eigenvalue weighted by Gasteiger charge is 1.93. The predicted molar refractivity (Wildman–Crippen MR) is 88.5 cm³/mol. The van der Waals surface area contributed by atoms with E-state index < -0.39 is 0 Å². The van der Waals surface area contributed by atoms with Crippen LogP contribution in [-0.4, -0.2) is 26.2 Å². The number of esters is 2. The van der Waals surface area contributed by atoms with E-state index in [1.54, 1.807) is 0 Å². The van der Waals surface area contributed by atoms with Gasteiger partial charge in [-0.3, -0.25) is 0 Å². The van der Waals surface area contributed by atoms with E-state index in [0.29, 0.717) is 0 Å². The molecule has 0 spiro atoms. The van der Waals surface area contributed by atoms with Crippen molar-refractivity contribution >= 4 is 11.9 Å². The Hall–Kier alpha value is -1.58. The molecule has 126 valence electrons. The van der Waals surface area contributed by atoms with E-state index in [1.165, 1.54) is 64.9 Å². The highest BCUT2D eigenvalue weighted by atomic mass is 16.5. The number of carbonyl (C=O) groups excluding carboxylic acids is 2. The molecule has 0 N–H and O–H groups in total. The summed E-state index contributed by atoms with van der Waals surface area (Å²) in [4.78, 5) is 21.7. The number of rotatable bonds is 13. The van der Waals surface area contributed by atoms with Gasteiger partial charge in [-0.25, -0.2) is 9.59 Å². The maximum absolute atomic E-state index is 10.8. The van der Waals surface area contributed by atoms with Crippen LogP contribution in [0.1, 0.15) is 64.2 Å². The first kappa shape index (κ1) is 20.4. The smallest absolute Gasteiger partial charge is 0.330 e. The van der Waals surface area contributed by atoms with Crippen molar-refractivity contribution in [2.24, 2.45) is 0 Å². The zero-order valence-corrected chi connectivity index (χ0v) is 14.0. The van der Waals surface area contributed by atoms with Crippen molar-refractivity contribution in [2.45, 2.75) is 64.2 Å². The number of unbranched alkanes of at least 4 members (excludes halogenated alkanes) is 9. The molecule has 0 atom stereocenters. The number of carbonyl (C=O) groups is 2. The summed E-state index contributed by atoms with van der Waals surface area (Å²) in [5.74, 6) is -0.553. The van der Waals surface area contributed by atoms with Gasteiger partial charge in [0, 0.05) is 12.2 Å². The third-order valence-electron chi connectivity index (χ3n) is 3.40. The van der Waals surface area contributed by atoms with Crippen molar-refractivity contribution in [1.29, 1.82) is 0 Å². The largest absolute Gasteiger partial charge is 0.466 e. The van der Waals surface area contributed by atoms with Crippen LogP contribution in [0.25, 0.3) is 0 Å². The first-order valence-electron chi connectivity index (χ1n) is 8.19. The maximum atomic E-state index is 10.8. The molecule has 4 nitrogen and oxygen atoms in total. The summed E-state index contributed by atoms with van der Waals surface area (Å²) in [6.07, 6.45) is 18.4. The first-order valence-corrected chi connectivity index (χ1v) is 8.19. The van der Waals surface area contributed by atoms with Gasteiger partial charge in [0.2, 0.25) is 0 Å². The number of hydrogen-bond donors (Lipinski definition) is 0. The topological polar surface area (TPSA) is 52.6 Å². The number of hydrogen-bond acceptors (Lipinski definition) is 4. The standard InChI is InChI=1S/C18H30O4/c1-21-17(19)15-13-11-9-7-5-3-4-6-8-10-12-14-16-18(20)22-2/h13-16H,3-12H2,1-2H3/b15-13+,16-14+. The molecule has 4 heteroatoms. The molecule has 0 aliphatic heterocycles. The molecule has 0 heterocycles. The molecule has 0 bridgehead atoms. The van der Waals surface area contributed by atoms with Gasteiger partial charge in [0.15, 0.2) is 0 Å². The summed E-state index contributed by atoms with van der Waals surface area (Å²) in [5.41, 5.74) is 0. The Bertz CT molecular complexity index is 311. The molecule has 0 radical (unpaired) electrons. The maximum Gasteiger partial charge on any atom is 0.330 e. The Kier molecular flexibility index (Phi) is 14.7.